The van der Waals surface area contributed by atoms with Gasteiger partial charge in [-0.15, -0.1) is 0 Å². The standard InChI is InChI=1S/C20H26N2O4/c1-5-25-18-13-16(9-10-17(18)24-4)22-20(23)21-11-12-26-19-14(2)7-6-8-15(19)3/h6-10,13H,5,11-12H2,1-4H3,(H2,21,22,23). The molecule has 0 unspecified atom stereocenters. The Morgan fingerprint density at radius 1 is 1.04 bits per heavy atom. The third-order valence-corrected chi connectivity index (χ3v) is 3.76. The number of para-hydroxylation sites is 1. The lowest BCUT2D eigenvalue weighted by molar-refractivity contribution is 0.247. The van der Waals surface area contributed by atoms with Crippen LogP contribution in [0.3, 0.4) is 0 Å². The molecule has 0 fully saturated rings. The Hall–Kier alpha value is -2.89. The Labute approximate surface area is 154 Å². The summed E-state index contributed by atoms with van der Waals surface area (Å²) in [6.07, 6.45) is 0. The molecular weight excluding hydrogens is 332 g/mol. The first-order valence-electron chi connectivity index (χ1n) is 8.59. The van der Waals surface area contributed by atoms with Gasteiger partial charge in [0.05, 0.1) is 20.3 Å². The van der Waals surface area contributed by atoms with E-state index in [1.807, 2.05) is 39.0 Å². The van der Waals surface area contributed by atoms with Crippen molar-refractivity contribution in [2.24, 2.45) is 0 Å². The minimum Gasteiger partial charge on any atom is -0.493 e. The van der Waals surface area contributed by atoms with Crippen molar-refractivity contribution in [3.05, 3.63) is 47.5 Å². The Kier molecular flexibility index (Phi) is 7.14. The van der Waals surface area contributed by atoms with Crippen LogP contribution in [0.4, 0.5) is 10.5 Å². The molecule has 0 aromatic heterocycles. The number of carbonyl (C=O) groups excluding carboxylic acids is 1. The molecule has 0 spiro atoms. The van der Waals surface area contributed by atoms with Crippen molar-refractivity contribution >= 4 is 11.7 Å². The van der Waals surface area contributed by atoms with Crippen molar-refractivity contribution in [1.82, 2.24) is 5.32 Å². The van der Waals surface area contributed by atoms with Crippen LogP contribution < -0.4 is 24.8 Å². The number of benzene rings is 2. The third kappa shape index (κ3) is 5.31. The highest BCUT2D eigenvalue weighted by molar-refractivity contribution is 5.89. The topological polar surface area (TPSA) is 68.8 Å². The molecule has 2 rings (SSSR count). The number of rotatable bonds is 8. The van der Waals surface area contributed by atoms with Gasteiger partial charge in [-0.05, 0) is 44.0 Å². The molecule has 2 N–H and O–H groups in total. The second kappa shape index (κ2) is 9.56. The summed E-state index contributed by atoms with van der Waals surface area (Å²) in [7, 11) is 1.58. The lowest BCUT2D eigenvalue weighted by atomic mass is 10.1. The Bertz CT molecular complexity index is 726. The number of ether oxygens (including phenoxy) is 3. The first kappa shape index (κ1) is 19.4. The molecular formula is C20H26N2O4. The predicted molar refractivity (Wildman–Crippen MR) is 103 cm³/mol. The molecule has 0 aliphatic heterocycles. The first-order valence-corrected chi connectivity index (χ1v) is 8.59. The zero-order valence-corrected chi connectivity index (χ0v) is 15.7. The van der Waals surface area contributed by atoms with E-state index >= 15 is 0 Å². The van der Waals surface area contributed by atoms with Crippen molar-refractivity contribution in [3.63, 3.8) is 0 Å². The van der Waals surface area contributed by atoms with E-state index in [1.165, 1.54) is 0 Å². The molecule has 2 amide bonds. The fourth-order valence-corrected chi connectivity index (χ4v) is 2.54. The number of carbonyl (C=O) groups is 1. The van der Waals surface area contributed by atoms with Gasteiger partial charge in [0.2, 0.25) is 0 Å². The maximum Gasteiger partial charge on any atom is 0.319 e. The quantitative estimate of drug-likeness (QED) is 0.702. The van der Waals surface area contributed by atoms with Gasteiger partial charge in [-0.3, -0.25) is 0 Å². The van der Waals surface area contributed by atoms with E-state index in [9.17, 15) is 4.79 Å². The van der Waals surface area contributed by atoms with Crippen molar-refractivity contribution in [3.8, 4) is 17.2 Å². The second-order valence-corrected chi connectivity index (χ2v) is 5.75. The summed E-state index contributed by atoms with van der Waals surface area (Å²) in [6, 6.07) is 10.9. The highest BCUT2D eigenvalue weighted by Gasteiger charge is 2.08. The first-order chi connectivity index (χ1) is 12.5. The average molecular weight is 358 g/mol. The number of amides is 2. The maximum absolute atomic E-state index is 12.0. The number of urea groups is 1. The molecule has 0 saturated heterocycles. The summed E-state index contributed by atoms with van der Waals surface area (Å²) in [5, 5.41) is 5.55. The van der Waals surface area contributed by atoms with E-state index in [2.05, 4.69) is 10.6 Å². The molecule has 0 aliphatic rings. The van der Waals surface area contributed by atoms with E-state index < -0.39 is 0 Å². The SMILES string of the molecule is CCOc1cc(NC(=O)NCCOc2c(C)cccc2C)ccc1OC. The van der Waals surface area contributed by atoms with Gasteiger partial charge in [-0.2, -0.15) is 0 Å². The molecule has 6 nitrogen and oxygen atoms in total. The van der Waals surface area contributed by atoms with Crippen molar-refractivity contribution < 1.29 is 19.0 Å². The molecule has 2 aromatic rings. The summed E-state index contributed by atoms with van der Waals surface area (Å²) >= 11 is 0. The highest BCUT2D eigenvalue weighted by atomic mass is 16.5. The van der Waals surface area contributed by atoms with Crippen LogP contribution in [0.1, 0.15) is 18.1 Å². The van der Waals surface area contributed by atoms with E-state index in [0.717, 1.165) is 16.9 Å². The Morgan fingerprint density at radius 2 is 1.77 bits per heavy atom. The minimum atomic E-state index is -0.303. The number of methoxy groups -OCH3 is 1. The smallest absolute Gasteiger partial charge is 0.319 e. The van der Waals surface area contributed by atoms with Gasteiger partial charge in [0.15, 0.2) is 11.5 Å². The fraction of sp³-hybridized carbons (Fsp3) is 0.350. The molecule has 0 heterocycles. The summed E-state index contributed by atoms with van der Waals surface area (Å²) in [4.78, 5) is 12.0. The lowest BCUT2D eigenvalue weighted by Gasteiger charge is -2.14. The number of anilines is 1. The van der Waals surface area contributed by atoms with E-state index in [1.54, 1.807) is 25.3 Å². The van der Waals surface area contributed by atoms with Crippen molar-refractivity contribution in [2.45, 2.75) is 20.8 Å². The Balaban J connectivity index is 1.83. The van der Waals surface area contributed by atoms with Crippen LogP contribution in [-0.4, -0.2) is 32.9 Å². The zero-order valence-electron chi connectivity index (χ0n) is 15.7. The van der Waals surface area contributed by atoms with E-state index in [4.69, 9.17) is 14.2 Å². The normalized spacial score (nSPS) is 10.2. The summed E-state index contributed by atoms with van der Waals surface area (Å²) in [5.74, 6) is 2.08. The van der Waals surface area contributed by atoms with Crippen LogP contribution in [0.15, 0.2) is 36.4 Å². The van der Waals surface area contributed by atoms with Crippen molar-refractivity contribution in [1.29, 1.82) is 0 Å². The molecule has 6 heteroatoms. The van der Waals surface area contributed by atoms with Gasteiger partial charge >= 0.3 is 6.03 Å². The monoisotopic (exact) mass is 358 g/mol. The molecule has 0 aliphatic carbocycles. The van der Waals surface area contributed by atoms with Gasteiger partial charge in [-0.1, -0.05) is 18.2 Å². The van der Waals surface area contributed by atoms with Crippen LogP contribution in [0.25, 0.3) is 0 Å². The summed E-state index contributed by atoms with van der Waals surface area (Å²) < 4.78 is 16.5. The number of nitrogens with one attached hydrogen (secondary N) is 2. The molecule has 0 radical (unpaired) electrons. The molecule has 26 heavy (non-hydrogen) atoms. The third-order valence-electron chi connectivity index (χ3n) is 3.76. The molecule has 140 valence electrons. The lowest BCUT2D eigenvalue weighted by Crippen LogP contribution is -2.32. The molecule has 0 bridgehead atoms. The Morgan fingerprint density at radius 3 is 2.42 bits per heavy atom. The zero-order chi connectivity index (χ0) is 18.9. The van der Waals surface area contributed by atoms with Gasteiger partial charge < -0.3 is 24.8 Å². The fourth-order valence-electron chi connectivity index (χ4n) is 2.54. The van der Waals surface area contributed by atoms with Crippen LogP contribution in [0.2, 0.25) is 0 Å². The van der Waals surface area contributed by atoms with Crippen molar-refractivity contribution in [2.75, 3.05) is 32.2 Å². The van der Waals surface area contributed by atoms with Gasteiger partial charge in [0, 0.05) is 11.8 Å². The van der Waals surface area contributed by atoms with E-state index in [-0.39, 0.29) is 6.03 Å². The molecule has 0 saturated carbocycles. The molecule has 0 atom stereocenters. The number of hydrogen-bond donors (Lipinski definition) is 2. The number of aryl methyl sites for hydroxylation is 2. The van der Waals surface area contributed by atoms with Gasteiger partial charge in [0.25, 0.3) is 0 Å². The second-order valence-electron chi connectivity index (χ2n) is 5.75. The average Bonchev–Trinajstić information content (AvgIpc) is 2.61. The predicted octanol–water partition coefficient (Wildman–Crippen LogP) is 3.91. The summed E-state index contributed by atoms with van der Waals surface area (Å²) in [5.41, 5.74) is 2.79. The maximum atomic E-state index is 12.0. The minimum absolute atomic E-state index is 0.303. The molecule has 2 aromatic carbocycles. The van der Waals surface area contributed by atoms with Crippen LogP contribution in [0, 0.1) is 13.8 Å². The van der Waals surface area contributed by atoms with Crippen LogP contribution in [-0.2, 0) is 0 Å². The van der Waals surface area contributed by atoms with Gasteiger partial charge in [-0.25, -0.2) is 4.79 Å². The van der Waals surface area contributed by atoms with Gasteiger partial charge in [0.1, 0.15) is 12.4 Å². The van der Waals surface area contributed by atoms with Crippen LogP contribution in [0.5, 0.6) is 17.2 Å². The van der Waals surface area contributed by atoms with E-state index in [0.29, 0.717) is 36.9 Å². The van der Waals surface area contributed by atoms with Crippen LogP contribution >= 0.6 is 0 Å². The summed E-state index contributed by atoms with van der Waals surface area (Å²) in [6.45, 7) is 7.20. The largest absolute Gasteiger partial charge is 0.493 e. The highest BCUT2D eigenvalue weighted by Crippen LogP contribution is 2.30. The number of hydrogen-bond acceptors (Lipinski definition) is 4.